The highest BCUT2D eigenvalue weighted by molar-refractivity contribution is 7.91. The van der Waals surface area contributed by atoms with E-state index in [0.717, 1.165) is 36.8 Å². The van der Waals surface area contributed by atoms with Crippen LogP contribution in [0.3, 0.4) is 0 Å². The van der Waals surface area contributed by atoms with E-state index in [0.29, 0.717) is 6.42 Å². The quantitative estimate of drug-likeness (QED) is 0.650. The van der Waals surface area contributed by atoms with Crippen LogP contribution in [0.15, 0.2) is 53.5 Å². The van der Waals surface area contributed by atoms with Gasteiger partial charge in [0, 0.05) is 17.9 Å². The zero-order chi connectivity index (χ0) is 19.1. The third kappa shape index (κ3) is 5.99. The summed E-state index contributed by atoms with van der Waals surface area (Å²) < 4.78 is 23.5. The van der Waals surface area contributed by atoms with E-state index < -0.39 is 9.84 Å². The smallest absolute Gasteiger partial charge is 0.195 e. The summed E-state index contributed by atoms with van der Waals surface area (Å²) in [5.74, 6) is 1.02. The molecule has 2 aromatic carbocycles. The second-order valence-electron chi connectivity index (χ2n) is 6.62. The van der Waals surface area contributed by atoms with Crippen molar-refractivity contribution in [2.45, 2.75) is 19.8 Å². The Hall–Kier alpha value is -2.54. The summed E-state index contributed by atoms with van der Waals surface area (Å²) >= 11 is 0. The monoisotopic (exact) mass is 386 g/mol. The molecule has 1 aliphatic heterocycles. The number of nitrogens with zero attached hydrogens (tertiary/aromatic N) is 1. The lowest BCUT2D eigenvalue weighted by molar-refractivity contribution is 0.596. The molecule has 0 spiro atoms. The van der Waals surface area contributed by atoms with Crippen LogP contribution in [0.2, 0.25) is 0 Å². The maximum absolute atomic E-state index is 11.8. The molecule has 3 N–H and O–H groups in total. The molecule has 3 rings (SSSR count). The maximum atomic E-state index is 11.8. The van der Waals surface area contributed by atoms with Gasteiger partial charge in [-0.15, -0.1) is 0 Å². The van der Waals surface area contributed by atoms with E-state index in [-0.39, 0.29) is 11.6 Å². The summed E-state index contributed by atoms with van der Waals surface area (Å²) in [6, 6.07) is 16.2. The number of aliphatic imine (C=N–C) groups is 1. The minimum Gasteiger partial charge on any atom is -0.372 e. The number of benzene rings is 2. The van der Waals surface area contributed by atoms with E-state index in [4.69, 9.17) is 0 Å². The molecule has 0 saturated carbocycles. The molecule has 0 radical (unpaired) electrons. The second kappa shape index (κ2) is 8.90. The number of rotatable bonds is 8. The Bertz CT molecular complexity index is 875. The molecule has 0 aromatic heterocycles. The summed E-state index contributed by atoms with van der Waals surface area (Å²) in [6.45, 7) is 3.57. The molecule has 0 atom stereocenters. The fourth-order valence-corrected chi connectivity index (χ4v) is 4.03. The first kappa shape index (κ1) is 19.2. The van der Waals surface area contributed by atoms with Crippen molar-refractivity contribution >= 4 is 27.2 Å². The Morgan fingerprint density at radius 1 is 1.00 bits per heavy atom. The van der Waals surface area contributed by atoms with Crippen LogP contribution in [0.5, 0.6) is 0 Å². The fourth-order valence-electron chi connectivity index (χ4n) is 2.88. The summed E-state index contributed by atoms with van der Waals surface area (Å²) in [5.41, 5.74) is 4.23. The van der Waals surface area contributed by atoms with Gasteiger partial charge in [0.05, 0.1) is 12.3 Å². The summed E-state index contributed by atoms with van der Waals surface area (Å²) in [7, 11) is -3.03. The molecule has 1 heterocycles. The number of sulfone groups is 1. The van der Waals surface area contributed by atoms with Gasteiger partial charge >= 0.3 is 0 Å². The van der Waals surface area contributed by atoms with Gasteiger partial charge in [0.25, 0.3) is 0 Å². The van der Waals surface area contributed by atoms with Gasteiger partial charge in [0.1, 0.15) is 5.88 Å². The number of hydrogen-bond acceptors (Lipinski definition) is 6. The van der Waals surface area contributed by atoms with Gasteiger partial charge in [-0.25, -0.2) is 8.42 Å². The highest BCUT2D eigenvalue weighted by atomic mass is 32.2. The highest BCUT2D eigenvalue weighted by Gasteiger charge is 2.08. The predicted molar refractivity (Wildman–Crippen MR) is 112 cm³/mol. The van der Waals surface area contributed by atoms with Crippen LogP contribution in [0.1, 0.15) is 24.5 Å². The molecule has 144 valence electrons. The van der Waals surface area contributed by atoms with Gasteiger partial charge in [-0.1, -0.05) is 31.2 Å². The Morgan fingerprint density at radius 2 is 1.63 bits per heavy atom. The van der Waals surface area contributed by atoms with Crippen LogP contribution in [-0.4, -0.2) is 39.1 Å². The first-order valence-corrected chi connectivity index (χ1v) is 11.0. The van der Waals surface area contributed by atoms with E-state index in [1.165, 1.54) is 11.1 Å². The van der Waals surface area contributed by atoms with Crippen LogP contribution >= 0.6 is 0 Å². The molecular weight excluding hydrogens is 360 g/mol. The van der Waals surface area contributed by atoms with Gasteiger partial charge in [-0.05, 0) is 48.2 Å². The van der Waals surface area contributed by atoms with Crippen LogP contribution in [0, 0.1) is 0 Å². The van der Waals surface area contributed by atoms with Crippen molar-refractivity contribution in [3.63, 3.8) is 0 Å². The van der Waals surface area contributed by atoms with Crippen LogP contribution in [0.25, 0.3) is 0 Å². The van der Waals surface area contributed by atoms with E-state index in [9.17, 15) is 8.42 Å². The minimum atomic E-state index is -3.03. The van der Waals surface area contributed by atoms with Gasteiger partial charge in [0.2, 0.25) is 0 Å². The van der Waals surface area contributed by atoms with Crippen molar-refractivity contribution in [3.8, 4) is 0 Å². The van der Waals surface area contributed by atoms with Crippen molar-refractivity contribution < 1.29 is 8.42 Å². The lowest BCUT2D eigenvalue weighted by atomic mass is 10.0. The van der Waals surface area contributed by atoms with Crippen molar-refractivity contribution in [3.05, 3.63) is 59.7 Å². The van der Waals surface area contributed by atoms with Gasteiger partial charge in [-0.2, -0.15) is 0 Å². The van der Waals surface area contributed by atoms with Crippen molar-refractivity contribution in [1.82, 2.24) is 5.32 Å². The van der Waals surface area contributed by atoms with Crippen molar-refractivity contribution in [1.29, 1.82) is 0 Å². The average molecular weight is 387 g/mol. The molecule has 0 fully saturated rings. The largest absolute Gasteiger partial charge is 0.372 e. The molecule has 1 aliphatic rings. The maximum Gasteiger partial charge on any atom is 0.195 e. The zero-order valence-electron chi connectivity index (χ0n) is 15.5. The molecule has 0 saturated heterocycles. The van der Waals surface area contributed by atoms with E-state index in [1.54, 1.807) is 0 Å². The normalized spacial score (nSPS) is 13.7. The Labute approximate surface area is 161 Å². The molecule has 0 unspecified atom stereocenters. The zero-order valence-corrected chi connectivity index (χ0v) is 16.3. The summed E-state index contributed by atoms with van der Waals surface area (Å²) in [5, 5.41) is 9.43. The van der Waals surface area contributed by atoms with Crippen LogP contribution in [0.4, 0.5) is 11.4 Å². The number of nitrogens with one attached hydrogen (secondary N) is 3. The van der Waals surface area contributed by atoms with E-state index >= 15 is 0 Å². The predicted octanol–water partition coefficient (Wildman–Crippen LogP) is 2.84. The molecule has 6 nitrogen and oxygen atoms in total. The molecule has 27 heavy (non-hydrogen) atoms. The summed E-state index contributed by atoms with van der Waals surface area (Å²) in [4.78, 5) is 4.32. The third-order valence-electron chi connectivity index (χ3n) is 4.26. The Morgan fingerprint density at radius 3 is 2.19 bits per heavy atom. The minimum absolute atomic E-state index is 0.0191. The van der Waals surface area contributed by atoms with Gasteiger partial charge < -0.3 is 16.0 Å². The molecule has 0 bridgehead atoms. The first-order chi connectivity index (χ1) is 13.0. The van der Waals surface area contributed by atoms with Gasteiger partial charge in [0.15, 0.2) is 15.8 Å². The molecular formula is C20H26N4O2S. The second-order valence-corrected chi connectivity index (χ2v) is 8.81. The average Bonchev–Trinajstić information content (AvgIpc) is 3.16. The van der Waals surface area contributed by atoms with Crippen molar-refractivity contribution in [2.24, 2.45) is 4.99 Å². The number of anilines is 2. The lowest BCUT2D eigenvalue weighted by Crippen LogP contribution is -2.26. The summed E-state index contributed by atoms with van der Waals surface area (Å²) in [6.07, 6.45) is 1.47. The molecule has 0 aliphatic carbocycles. The highest BCUT2D eigenvalue weighted by Crippen LogP contribution is 2.16. The Balaban J connectivity index is 1.53. The van der Waals surface area contributed by atoms with E-state index in [1.807, 2.05) is 43.3 Å². The Kier molecular flexibility index (Phi) is 6.34. The van der Waals surface area contributed by atoms with Crippen molar-refractivity contribution in [2.75, 3.05) is 35.4 Å². The number of hydrogen-bond donors (Lipinski definition) is 3. The SMILES string of the molecule is CCCS(=O)(=O)CNc1ccc(Cc2ccc(NC3=NCCN3)cc2)cc1. The van der Waals surface area contributed by atoms with Crippen LogP contribution in [-0.2, 0) is 16.3 Å². The third-order valence-corrected chi connectivity index (χ3v) is 5.88. The fraction of sp³-hybridized carbons (Fsp3) is 0.350. The topological polar surface area (TPSA) is 82.6 Å². The number of guanidine groups is 1. The molecule has 0 amide bonds. The molecule has 2 aromatic rings. The standard InChI is InChI=1S/C20H26N4O2S/c1-2-13-27(25,26)15-23-18-7-3-16(4-8-18)14-17-5-9-19(10-6-17)24-20-21-11-12-22-20/h3-10,23H,2,11-15H2,1H3,(H2,21,22,24). The first-order valence-electron chi connectivity index (χ1n) is 9.21. The van der Waals surface area contributed by atoms with Gasteiger partial charge in [-0.3, -0.25) is 4.99 Å². The van der Waals surface area contributed by atoms with E-state index in [2.05, 4.69) is 33.1 Å². The molecule has 7 heteroatoms. The van der Waals surface area contributed by atoms with Crippen LogP contribution < -0.4 is 16.0 Å². The lowest BCUT2D eigenvalue weighted by Gasteiger charge is -2.09.